The maximum Gasteiger partial charge on any atom is 0.116 e. The lowest BCUT2D eigenvalue weighted by Gasteiger charge is -2.10. The minimum absolute atomic E-state index is 0.126. The average molecular weight is 324 g/mol. The van der Waals surface area contributed by atoms with E-state index in [0.29, 0.717) is 0 Å². The third kappa shape index (κ3) is 3.54. The van der Waals surface area contributed by atoms with Crippen LogP contribution in [0.4, 0.5) is 0 Å². The lowest BCUT2D eigenvalue weighted by atomic mass is 10.1. The second kappa shape index (κ2) is 6.31. The van der Waals surface area contributed by atoms with Crippen LogP contribution < -0.4 is 5.73 Å². The molecule has 0 aliphatic rings. The summed E-state index contributed by atoms with van der Waals surface area (Å²) in [4.78, 5) is 8.75. The van der Waals surface area contributed by atoms with Gasteiger partial charge in [-0.05, 0) is 64.8 Å². The zero-order valence-corrected chi connectivity index (χ0v) is 12.4. The minimum Gasteiger partial charge on any atom is -0.328 e. The summed E-state index contributed by atoms with van der Waals surface area (Å²) in [5.41, 5.74) is 7.02. The first-order chi connectivity index (χ1) is 8.66. The number of aromatic nitrogens is 2. The molecule has 0 radical (unpaired) electrons. The van der Waals surface area contributed by atoms with Crippen LogP contribution in [0.15, 0.2) is 51.2 Å². The molecular formula is C13H14BrN3S. The summed E-state index contributed by atoms with van der Waals surface area (Å²) in [7, 11) is 0. The summed E-state index contributed by atoms with van der Waals surface area (Å²) >= 11 is 5.05. The maximum atomic E-state index is 5.85. The van der Waals surface area contributed by atoms with Crippen molar-refractivity contribution < 1.29 is 0 Å². The quantitative estimate of drug-likeness (QED) is 0.938. The number of halogens is 1. The van der Waals surface area contributed by atoms with Gasteiger partial charge in [0.15, 0.2) is 0 Å². The van der Waals surface area contributed by atoms with Crippen molar-refractivity contribution >= 4 is 27.7 Å². The summed E-state index contributed by atoms with van der Waals surface area (Å²) in [6.07, 6.45) is 4.39. The highest BCUT2D eigenvalue weighted by Crippen LogP contribution is 2.32. The number of nitrogens with zero attached hydrogens (tertiary/aromatic N) is 2. The second-order valence-corrected chi connectivity index (χ2v) is 5.87. The molecule has 0 fully saturated rings. The first-order valence-corrected chi connectivity index (χ1v) is 7.25. The van der Waals surface area contributed by atoms with Crippen molar-refractivity contribution in [1.29, 1.82) is 0 Å². The maximum absolute atomic E-state index is 5.85. The van der Waals surface area contributed by atoms with Crippen LogP contribution in [0, 0.1) is 0 Å². The van der Waals surface area contributed by atoms with E-state index in [1.807, 2.05) is 25.1 Å². The fraction of sp³-hybridized carbons (Fsp3) is 0.231. The monoisotopic (exact) mass is 323 g/mol. The molecule has 0 aliphatic carbocycles. The number of pyridine rings is 2. The van der Waals surface area contributed by atoms with Gasteiger partial charge in [-0.2, -0.15) is 0 Å². The Labute approximate surface area is 119 Å². The lowest BCUT2D eigenvalue weighted by molar-refractivity contribution is 0.722. The van der Waals surface area contributed by atoms with Crippen LogP contribution in [0.25, 0.3) is 0 Å². The van der Waals surface area contributed by atoms with Crippen molar-refractivity contribution in [1.82, 2.24) is 9.97 Å². The Hall–Kier alpha value is -0.910. The van der Waals surface area contributed by atoms with Crippen molar-refractivity contribution in [3.8, 4) is 0 Å². The predicted octanol–water partition coefficient (Wildman–Crippen LogP) is 3.28. The largest absolute Gasteiger partial charge is 0.328 e. The van der Waals surface area contributed by atoms with Gasteiger partial charge in [-0.1, -0.05) is 6.07 Å². The molecule has 1 atom stereocenters. The molecule has 2 heterocycles. The number of hydrogen-bond acceptors (Lipinski definition) is 4. The molecule has 0 bridgehead atoms. The minimum atomic E-state index is 0.126. The molecule has 5 heteroatoms. The van der Waals surface area contributed by atoms with E-state index in [1.54, 1.807) is 24.2 Å². The van der Waals surface area contributed by atoms with Crippen LogP contribution in [0.3, 0.4) is 0 Å². The third-order valence-corrected chi connectivity index (χ3v) is 4.29. The highest BCUT2D eigenvalue weighted by molar-refractivity contribution is 9.10. The highest BCUT2D eigenvalue weighted by Gasteiger charge is 2.10. The van der Waals surface area contributed by atoms with E-state index in [-0.39, 0.29) is 6.04 Å². The van der Waals surface area contributed by atoms with E-state index in [9.17, 15) is 0 Å². The second-order valence-electron chi connectivity index (χ2n) is 4.04. The summed E-state index contributed by atoms with van der Waals surface area (Å²) in [5.74, 6) is 0. The molecule has 94 valence electrons. The molecule has 2 rings (SSSR count). The fourth-order valence-electron chi connectivity index (χ4n) is 1.56. The Morgan fingerprint density at radius 3 is 2.56 bits per heavy atom. The molecule has 2 aromatic rings. The van der Waals surface area contributed by atoms with Crippen LogP contribution in [0.1, 0.15) is 12.5 Å². The molecule has 3 nitrogen and oxygen atoms in total. The highest BCUT2D eigenvalue weighted by atomic mass is 79.9. The standard InChI is InChI=1S/C13H14BrN3S/c1-9(15)8-10-4-2-6-16-12(10)18-13-11(14)5-3-7-17-13/h2-7,9H,8,15H2,1H3. The first-order valence-electron chi connectivity index (χ1n) is 5.64. The zero-order chi connectivity index (χ0) is 13.0. The van der Waals surface area contributed by atoms with Crippen LogP contribution in [0.5, 0.6) is 0 Å². The van der Waals surface area contributed by atoms with Crippen LogP contribution in [0.2, 0.25) is 0 Å². The van der Waals surface area contributed by atoms with Gasteiger partial charge in [0.1, 0.15) is 10.1 Å². The van der Waals surface area contributed by atoms with E-state index < -0.39 is 0 Å². The van der Waals surface area contributed by atoms with Crippen molar-refractivity contribution in [2.24, 2.45) is 5.73 Å². The van der Waals surface area contributed by atoms with E-state index >= 15 is 0 Å². The van der Waals surface area contributed by atoms with Gasteiger partial charge in [0.2, 0.25) is 0 Å². The predicted molar refractivity (Wildman–Crippen MR) is 77.7 cm³/mol. The SMILES string of the molecule is CC(N)Cc1cccnc1Sc1ncccc1Br. The van der Waals surface area contributed by atoms with Crippen molar-refractivity contribution in [2.45, 2.75) is 29.4 Å². The Balaban J connectivity index is 2.26. The zero-order valence-electron chi connectivity index (χ0n) is 10.0. The molecule has 0 amide bonds. The van der Waals surface area contributed by atoms with Gasteiger partial charge >= 0.3 is 0 Å². The Morgan fingerprint density at radius 2 is 1.89 bits per heavy atom. The summed E-state index contributed by atoms with van der Waals surface area (Å²) in [5, 5.41) is 1.89. The Morgan fingerprint density at radius 1 is 1.22 bits per heavy atom. The van der Waals surface area contributed by atoms with Crippen molar-refractivity contribution in [3.05, 3.63) is 46.7 Å². The van der Waals surface area contributed by atoms with E-state index in [4.69, 9.17) is 5.73 Å². The number of nitrogens with two attached hydrogens (primary N) is 1. The molecule has 18 heavy (non-hydrogen) atoms. The van der Waals surface area contributed by atoms with Gasteiger partial charge in [-0.15, -0.1) is 0 Å². The summed E-state index contributed by atoms with van der Waals surface area (Å²) < 4.78 is 0.979. The van der Waals surface area contributed by atoms with Gasteiger partial charge in [0.05, 0.1) is 4.47 Å². The van der Waals surface area contributed by atoms with Gasteiger partial charge in [0, 0.05) is 18.4 Å². The third-order valence-electron chi connectivity index (χ3n) is 2.31. The molecule has 2 aromatic heterocycles. The molecule has 0 aromatic carbocycles. The average Bonchev–Trinajstić information content (AvgIpc) is 2.34. The lowest BCUT2D eigenvalue weighted by Crippen LogP contribution is -2.18. The van der Waals surface area contributed by atoms with E-state index in [2.05, 4.69) is 32.0 Å². The summed E-state index contributed by atoms with van der Waals surface area (Å²) in [6.45, 7) is 2.00. The Kier molecular flexibility index (Phi) is 4.74. The van der Waals surface area contributed by atoms with Gasteiger partial charge in [-0.3, -0.25) is 0 Å². The molecular weight excluding hydrogens is 310 g/mol. The van der Waals surface area contributed by atoms with Crippen LogP contribution in [-0.4, -0.2) is 16.0 Å². The number of hydrogen-bond donors (Lipinski definition) is 1. The van der Waals surface area contributed by atoms with Crippen molar-refractivity contribution in [2.75, 3.05) is 0 Å². The topological polar surface area (TPSA) is 51.8 Å². The molecule has 0 saturated carbocycles. The molecule has 1 unspecified atom stereocenters. The smallest absolute Gasteiger partial charge is 0.116 e. The Bertz CT molecular complexity index is 531. The molecule has 0 spiro atoms. The van der Waals surface area contributed by atoms with Crippen LogP contribution >= 0.6 is 27.7 Å². The van der Waals surface area contributed by atoms with Crippen LogP contribution in [-0.2, 0) is 6.42 Å². The molecule has 0 saturated heterocycles. The van der Waals surface area contributed by atoms with Gasteiger partial charge < -0.3 is 5.73 Å². The van der Waals surface area contributed by atoms with Gasteiger partial charge in [0.25, 0.3) is 0 Å². The fourth-order valence-corrected chi connectivity index (χ4v) is 2.91. The van der Waals surface area contributed by atoms with E-state index in [0.717, 1.165) is 26.5 Å². The van der Waals surface area contributed by atoms with Crippen molar-refractivity contribution in [3.63, 3.8) is 0 Å². The van der Waals surface area contributed by atoms with E-state index in [1.165, 1.54) is 0 Å². The normalized spacial score (nSPS) is 12.4. The molecule has 2 N–H and O–H groups in total. The first kappa shape index (κ1) is 13.5. The number of rotatable bonds is 4. The summed E-state index contributed by atoms with van der Waals surface area (Å²) in [6, 6.07) is 8.00. The van der Waals surface area contributed by atoms with Gasteiger partial charge in [-0.25, -0.2) is 9.97 Å². The molecule has 0 aliphatic heterocycles.